The van der Waals surface area contributed by atoms with Gasteiger partial charge in [-0.05, 0) is 35.9 Å². The first kappa shape index (κ1) is 17.7. The zero-order valence-electron chi connectivity index (χ0n) is 13.1. The molecule has 0 aromatic heterocycles. The highest BCUT2D eigenvalue weighted by Crippen LogP contribution is 2.32. The standard InChI is InChI=1S/C18H13NO3S3/c1-22-17(21)13-4-2-3-5-14(13)24-12-8-6-11(7-9-12)10-15-16(20)19-18(23)25-15/h2-10H,1H3,(H,19,20,23). The summed E-state index contributed by atoms with van der Waals surface area (Å²) in [7, 11) is 1.37. The summed E-state index contributed by atoms with van der Waals surface area (Å²) in [5.74, 6) is -0.523. The van der Waals surface area contributed by atoms with E-state index in [9.17, 15) is 9.59 Å². The molecule has 0 aliphatic carbocycles. The lowest BCUT2D eigenvalue weighted by atomic mass is 10.2. The summed E-state index contributed by atoms with van der Waals surface area (Å²) < 4.78 is 5.29. The number of methoxy groups -OCH3 is 1. The van der Waals surface area contributed by atoms with Gasteiger partial charge in [-0.1, -0.05) is 60.0 Å². The maximum Gasteiger partial charge on any atom is 0.339 e. The number of hydrogen-bond acceptors (Lipinski definition) is 6. The molecule has 25 heavy (non-hydrogen) atoms. The molecule has 1 fully saturated rings. The Morgan fingerprint density at radius 3 is 2.56 bits per heavy atom. The van der Waals surface area contributed by atoms with Crippen molar-refractivity contribution in [2.24, 2.45) is 0 Å². The van der Waals surface area contributed by atoms with Gasteiger partial charge in [0.05, 0.1) is 17.6 Å². The summed E-state index contributed by atoms with van der Waals surface area (Å²) >= 11 is 7.72. The monoisotopic (exact) mass is 387 g/mol. The molecular formula is C18H13NO3S3. The van der Waals surface area contributed by atoms with Gasteiger partial charge < -0.3 is 10.1 Å². The molecule has 2 aromatic carbocycles. The van der Waals surface area contributed by atoms with E-state index in [1.165, 1.54) is 30.6 Å². The highest BCUT2D eigenvalue weighted by Gasteiger charge is 2.21. The summed E-state index contributed by atoms with van der Waals surface area (Å²) in [6.07, 6.45) is 1.80. The first-order valence-corrected chi connectivity index (χ1v) is 9.31. The van der Waals surface area contributed by atoms with Gasteiger partial charge in [0.2, 0.25) is 0 Å². The first-order chi connectivity index (χ1) is 12.1. The van der Waals surface area contributed by atoms with Crippen molar-refractivity contribution in [1.82, 2.24) is 5.32 Å². The highest BCUT2D eigenvalue weighted by molar-refractivity contribution is 8.26. The molecule has 0 bridgehead atoms. The molecule has 126 valence electrons. The SMILES string of the molecule is COC(=O)c1ccccc1Sc1ccc(C=C2SC(=S)NC2=O)cc1. The lowest BCUT2D eigenvalue weighted by Crippen LogP contribution is -2.17. The predicted molar refractivity (Wildman–Crippen MR) is 105 cm³/mol. The Morgan fingerprint density at radius 1 is 1.20 bits per heavy atom. The van der Waals surface area contributed by atoms with E-state index in [1.54, 1.807) is 18.2 Å². The average Bonchev–Trinajstić information content (AvgIpc) is 2.93. The van der Waals surface area contributed by atoms with E-state index in [4.69, 9.17) is 17.0 Å². The van der Waals surface area contributed by atoms with Crippen LogP contribution in [-0.2, 0) is 9.53 Å². The second-order valence-corrected chi connectivity index (χ2v) is 7.85. The summed E-state index contributed by atoms with van der Waals surface area (Å²) in [4.78, 5) is 25.9. The largest absolute Gasteiger partial charge is 0.465 e. The van der Waals surface area contributed by atoms with Crippen LogP contribution in [0, 0.1) is 0 Å². The Kier molecular flexibility index (Phi) is 5.57. The molecule has 2 aromatic rings. The van der Waals surface area contributed by atoms with Crippen LogP contribution in [0.1, 0.15) is 15.9 Å². The van der Waals surface area contributed by atoms with Crippen LogP contribution in [0.2, 0.25) is 0 Å². The van der Waals surface area contributed by atoms with Crippen LogP contribution < -0.4 is 5.32 Å². The van der Waals surface area contributed by atoms with Crippen LogP contribution in [0.25, 0.3) is 6.08 Å². The molecule has 1 aliphatic rings. The average molecular weight is 388 g/mol. The summed E-state index contributed by atoms with van der Waals surface area (Å²) in [5, 5.41) is 2.59. The number of esters is 1. The number of thiocarbonyl (C=S) groups is 1. The topological polar surface area (TPSA) is 55.4 Å². The molecule has 0 saturated carbocycles. The number of hydrogen-bond donors (Lipinski definition) is 1. The number of thioether (sulfide) groups is 1. The van der Waals surface area contributed by atoms with Crippen molar-refractivity contribution in [2.75, 3.05) is 7.11 Å². The molecule has 1 N–H and O–H groups in total. The zero-order chi connectivity index (χ0) is 17.8. The molecule has 1 saturated heterocycles. The van der Waals surface area contributed by atoms with Gasteiger partial charge in [0.1, 0.15) is 4.32 Å². The lowest BCUT2D eigenvalue weighted by Gasteiger charge is -2.07. The number of ether oxygens (including phenoxy) is 1. The summed E-state index contributed by atoms with van der Waals surface area (Å²) in [6.45, 7) is 0. The van der Waals surface area contributed by atoms with Crippen LogP contribution in [0.5, 0.6) is 0 Å². The molecule has 7 heteroatoms. The number of nitrogens with one attached hydrogen (secondary N) is 1. The van der Waals surface area contributed by atoms with Gasteiger partial charge in [0, 0.05) is 9.79 Å². The lowest BCUT2D eigenvalue weighted by molar-refractivity contribution is -0.115. The molecule has 0 spiro atoms. The Bertz CT molecular complexity index is 875. The zero-order valence-corrected chi connectivity index (χ0v) is 15.6. The fraction of sp³-hybridized carbons (Fsp3) is 0.0556. The quantitative estimate of drug-likeness (QED) is 0.484. The van der Waals surface area contributed by atoms with Gasteiger partial charge in [-0.25, -0.2) is 4.79 Å². The number of amides is 1. The number of carbonyl (C=O) groups is 2. The minimum atomic E-state index is -0.357. The Balaban J connectivity index is 1.78. The third kappa shape index (κ3) is 4.31. The van der Waals surface area contributed by atoms with Crippen LogP contribution in [0.4, 0.5) is 0 Å². The third-order valence-electron chi connectivity index (χ3n) is 3.34. The molecule has 0 atom stereocenters. The Labute approximate surface area is 159 Å². The van der Waals surface area contributed by atoms with Crippen molar-refractivity contribution in [3.05, 3.63) is 64.6 Å². The second-order valence-electron chi connectivity index (χ2n) is 5.01. The molecule has 1 amide bonds. The van der Waals surface area contributed by atoms with Crippen molar-refractivity contribution in [3.8, 4) is 0 Å². The van der Waals surface area contributed by atoms with Crippen molar-refractivity contribution < 1.29 is 14.3 Å². The maximum atomic E-state index is 11.8. The predicted octanol–water partition coefficient (Wildman–Crippen LogP) is 4.11. The van der Waals surface area contributed by atoms with Crippen molar-refractivity contribution in [1.29, 1.82) is 0 Å². The highest BCUT2D eigenvalue weighted by atomic mass is 32.2. The van der Waals surface area contributed by atoms with Crippen LogP contribution in [-0.4, -0.2) is 23.3 Å². The normalized spacial score (nSPS) is 15.3. The van der Waals surface area contributed by atoms with E-state index in [2.05, 4.69) is 5.32 Å². The number of carbonyl (C=O) groups excluding carboxylic acids is 2. The molecule has 1 aliphatic heterocycles. The van der Waals surface area contributed by atoms with E-state index < -0.39 is 0 Å². The van der Waals surface area contributed by atoms with Gasteiger partial charge in [0.25, 0.3) is 5.91 Å². The first-order valence-electron chi connectivity index (χ1n) is 7.27. The van der Waals surface area contributed by atoms with E-state index in [0.717, 1.165) is 15.4 Å². The Morgan fingerprint density at radius 2 is 1.92 bits per heavy atom. The number of benzene rings is 2. The fourth-order valence-electron chi connectivity index (χ4n) is 2.17. The third-order valence-corrected chi connectivity index (χ3v) is 5.59. The minimum absolute atomic E-state index is 0.166. The maximum absolute atomic E-state index is 11.8. The molecule has 1 heterocycles. The molecule has 3 rings (SSSR count). The molecule has 0 unspecified atom stereocenters. The van der Waals surface area contributed by atoms with E-state index in [0.29, 0.717) is 14.8 Å². The van der Waals surface area contributed by atoms with Crippen LogP contribution >= 0.6 is 35.7 Å². The van der Waals surface area contributed by atoms with E-state index in [-0.39, 0.29) is 11.9 Å². The fourth-order valence-corrected chi connectivity index (χ4v) is 4.14. The summed E-state index contributed by atoms with van der Waals surface area (Å²) in [6, 6.07) is 15.0. The van der Waals surface area contributed by atoms with Gasteiger partial charge in [-0.2, -0.15) is 0 Å². The van der Waals surface area contributed by atoms with Crippen molar-refractivity contribution in [2.45, 2.75) is 9.79 Å². The van der Waals surface area contributed by atoms with Crippen molar-refractivity contribution >= 4 is 58.0 Å². The van der Waals surface area contributed by atoms with Gasteiger partial charge in [-0.15, -0.1) is 0 Å². The second kappa shape index (κ2) is 7.86. The summed E-state index contributed by atoms with van der Waals surface area (Å²) in [5.41, 5.74) is 1.45. The van der Waals surface area contributed by atoms with Crippen LogP contribution in [0.3, 0.4) is 0 Å². The molecular weight excluding hydrogens is 374 g/mol. The van der Waals surface area contributed by atoms with Gasteiger partial charge in [0.15, 0.2) is 0 Å². The van der Waals surface area contributed by atoms with Crippen molar-refractivity contribution in [3.63, 3.8) is 0 Å². The Hall–Kier alpha value is -2.09. The van der Waals surface area contributed by atoms with E-state index >= 15 is 0 Å². The van der Waals surface area contributed by atoms with E-state index in [1.807, 2.05) is 36.4 Å². The van der Waals surface area contributed by atoms with Gasteiger partial charge >= 0.3 is 5.97 Å². The molecule has 4 nitrogen and oxygen atoms in total. The smallest absolute Gasteiger partial charge is 0.339 e. The minimum Gasteiger partial charge on any atom is -0.465 e. The molecule has 0 radical (unpaired) electrons. The number of rotatable bonds is 4. The van der Waals surface area contributed by atoms with Crippen LogP contribution in [0.15, 0.2) is 63.2 Å². The van der Waals surface area contributed by atoms with Gasteiger partial charge in [-0.3, -0.25) is 4.79 Å².